The number of carboxylic acid groups (broad SMARTS) is 1. The maximum atomic E-state index is 11.0. The molecule has 6 heteroatoms. The number of imidazole rings is 1. The van der Waals surface area contributed by atoms with Crippen molar-refractivity contribution < 1.29 is 14.3 Å². The number of fused-ring (bicyclic) bond motifs is 1. The molecule has 19 heavy (non-hydrogen) atoms. The summed E-state index contributed by atoms with van der Waals surface area (Å²) in [4.78, 5) is 15.4. The topological polar surface area (TPSA) is 68.3 Å². The molecule has 1 aromatic carbocycles. The molecule has 0 aliphatic rings. The standard InChI is InChI=1S/C13H9BrN2O3/c1-16-9-3-2-7(13(17)18)6-8(9)15-12(16)10-4-5-11(14)19-10/h2-6H,1H3,(H,17,18). The van der Waals surface area contributed by atoms with Gasteiger partial charge in [0.2, 0.25) is 0 Å². The van der Waals surface area contributed by atoms with Crippen LogP contribution in [0.5, 0.6) is 0 Å². The molecule has 0 unspecified atom stereocenters. The molecule has 5 nitrogen and oxygen atoms in total. The van der Waals surface area contributed by atoms with Gasteiger partial charge in [-0.15, -0.1) is 0 Å². The summed E-state index contributed by atoms with van der Waals surface area (Å²) in [6.45, 7) is 0. The van der Waals surface area contributed by atoms with Gasteiger partial charge in [-0.2, -0.15) is 0 Å². The van der Waals surface area contributed by atoms with Crippen LogP contribution in [0.2, 0.25) is 0 Å². The summed E-state index contributed by atoms with van der Waals surface area (Å²) < 4.78 is 7.97. The van der Waals surface area contributed by atoms with Crippen LogP contribution in [0.3, 0.4) is 0 Å². The van der Waals surface area contributed by atoms with E-state index in [9.17, 15) is 4.79 Å². The molecule has 0 radical (unpaired) electrons. The van der Waals surface area contributed by atoms with Crippen LogP contribution in [0, 0.1) is 0 Å². The van der Waals surface area contributed by atoms with E-state index in [0.717, 1.165) is 5.52 Å². The SMILES string of the molecule is Cn1c(-c2ccc(Br)o2)nc2cc(C(=O)O)ccc21. The molecule has 0 spiro atoms. The normalized spacial score (nSPS) is 11.1. The highest BCUT2D eigenvalue weighted by atomic mass is 79.9. The smallest absolute Gasteiger partial charge is 0.335 e. The molecule has 0 bridgehead atoms. The second-order valence-electron chi connectivity index (χ2n) is 4.11. The summed E-state index contributed by atoms with van der Waals surface area (Å²) in [5.41, 5.74) is 1.70. The third-order valence-electron chi connectivity index (χ3n) is 2.92. The van der Waals surface area contributed by atoms with Crippen molar-refractivity contribution in [1.29, 1.82) is 0 Å². The fourth-order valence-electron chi connectivity index (χ4n) is 1.99. The molecular formula is C13H9BrN2O3. The van der Waals surface area contributed by atoms with Gasteiger partial charge < -0.3 is 14.1 Å². The van der Waals surface area contributed by atoms with E-state index < -0.39 is 5.97 Å². The number of nitrogens with zero attached hydrogens (tertiary/aromatic N) is 2. The molecule has 0 aliphatic heterocycles. The number of aryl methyl sites for hydroxylation is 1. The van der Waals surface area contributed by atoms with Crippen molar-refractivity contribution in [2.24, 2.45) is 7.05 Å². The fourth-order valence-corrected chi connectivity index (χ4v) is 2.29. The van der Waals surface area contributed by atoms with Crippen LogP contribution in [0.1, 0.15) is 10.4 Å². The third kappa shape index (κ3) is 1.94. The molecule has 0 saturated carbocycles. The average Bonchev–Trinajstić information content (AvgIpc) is 2.93. The number of carbonyl (C=O) groups is 1. The lowest BCUT2D eigenvalue weighted by Gasteiger charge is -1.98. The van der Waals surface area contributed by atoms with E-state index in [1.54, 1.807) is 24.3 Å². The lowest BCUT2D eigenvalue weighted by Crippen LogP contribution is -1.95. The summed E-state index contributed by atoms with van der Waals surface area (Å²) in [5, 5.41) is 8.98. The molecule has 96 valence electrons. The molecule has 0 fully saturated rings. The zero-order valence-electron chi connectivity index (χ0n) is 9.92. The Labute approximate surface area is 116 Å². The first-order valence-corrected chi connectivity index (χ1v) is 6.31. The Bertz CT molecular complexity index is 788. The Morgan fingerprint density at radius 2 is 2.16 bits per heavy atom. The number of hydrogen-bond acceptors (Lipinski definition) is 3. The highest BCUT2D eigenvalue weighted by Crippen LogP contribution is 2.27. The van der Waals surface area contributed by atoms with E-state index in [4.69, 9.17) is 9.52 Å². The van der Waals surface area contributed by atoms with E-state index in [1.165, 1.54) is 0 Å². The molecule has 0 amide bonds. The number of aromatic carboxylic acids is 1. The van der Waals surface area contributed by atoms with E-state index >= 15 is 0 Å². The Morgan fingerprint density at radius 3 is 2.79 bits per heavy atom. The average molecular weight is 321 g/mol. The number of benzene rings is 1. The highest BCUT2D eigenvalue weighted by molar-refractivity contribution is 9.10. The zero-order valence-corrected chi connectivity index (χ0v) is 11.5. The Balaban J connectivity index is 2.22. The molecule has 2 heterocycles. The van der Waals surface area contributed by atoms with E-state index in [2.05, 4.69) is 20.9 Å². The van der Waals surface area contributed by atoms with Gasteiger partial charge in [0.15, 0.2) is 16.3 Å². The number of halogens is 1. The maximum absolute atomic E-state index is 11.0. The second-order valence-corrected chi connectivity index (χ2v) is 4.89. The monoisotopic (exact) mass is 320 g/mol. The van der Waals surface area contributed by atoms with E-state index in [-0.39, 0.29) is 5.56 Å². The zero-order chi connectivity index (χ0) is 13.6. The number of furan rings is 1. The van der Waals surface area contributed by atoms with Gasteiger partial charge in [0.25, 0.3) is 0 Å². The van der Waals surface area contributed by atoms with Gasteiger partial charge in [-0.05, 0) is 46.3 Å². The molecule has 3 aromatic rings. The van der Waals surface area contributed by atoms with Gasteiger partial charge in [0.1, 0.15) is 0 Å². The van der Waals surface area contributed by atoms with Crippen LogP contribution in [-0.2, 0) is 7.05 Å². The van der Waals surface area contributed by atoms with Gasteiger partial charge >= 0.3 is 5.97 Å². The summed E-state index contributed by atoms with van der Waals surface area (Å²) in [7, 11) is 1.86. The van der Waals surface area contributed by atoms with Crippen LogP contribution in [0.4, 0.5) is 0 Å². The van der Waals surface area contributed by atoms with Crippen molar-refractivity contribution in [1.82, 2.24) is 9.55 Å². The van der Waals surface area contributed by atoms with Crippen molar-refractivity contribution in [3.8, 4) is 11.6 Å². The summed E-state index contributed by atoms with van der Waals surface area (Å²) in [6, 6.07) is 8.46. The van der Waals surface area contributed by atoms with Gasteiger partial charge in [-0.1, -0.05) is 0 Å². The largest absolute Gasteiger partial charge is 0.478 e. The summed E-state index contributed by atoms with van der Waals surface area (Å²) in [5.74, 6) is 0.320. The third-order valence-corrected chi connectivity index (χ3v) is 3.35. The van der Waals surface area contributed by atoms with Crippen LogP contribution >= 0.6 is 15.9 Å². The minimum absolute atomic E-state index is 0.220. The second kappa shape index (κ2) is 4.24. The predicted octanol–water partition coefficient (Wildman–Crippen LogP) is 3.29. The van der Waals surface area contributed by atoms with Crippen LogP contribution in [0.25, 0.3) is 22.6 Å². The van der Waals surface area contributed by atoms with Crippen LogP contribution in [-0.4, -0.2) is 20.6 Å². The first-order valence-electron chi connectivity index (χ1n) is 5.52. The highest BCUT2D eigenvalue weighted by Gasteiger charge is 2.14. The van der Waals surface area contributed by atoms with Gasteiger partial charge in [-0.25, -0.2) is 9.78 Å². The number of rotatable bonds is 2. The Morgan fingerprint density at radius 1 is 1.37 bits per heavy atom. The van der Waals surface area contributed by atoms with Gasteiger partial charge in [0.05, 0.1) is 16.6 Å². The maximum Gasteiger partial charge on any atom is 0.335 e. The number of aromatic nitrogens is 2. The molecule has 2 aromatic heterocycles. The van der Waals surface area contributed by atoms with Crippen molar-refractivity contribution in [2.45, 2.75) is 0 Å². The quantitative estimate of drug-likeness (QED) is 0.786. The minimum atomic E-state index is -0.963. The van der Waals surface area contributed by atoms with Crippen LogP contribution < -0.4 is 0 Å². The first kappa shape index (κ1) is 12.0. The van der Waals surface area contributed by atoms with E-state index in [1.807, 2.05) is 17.7 Å². The predicted molar refractivity (Wildman–Crippen MR) is 73.1 cm³/mol. The van der Waals surface area contributed by atoms with Gasteiger partial charge in [0, 0.05) is 7.05 Å². The minimum Gasteiger partial charge on any atom is -0.478 e. The lowest BCUT2D eigenvalue weighted by atomic mass is 10.2. The van der Waals surface area contributed by atoms with Gasteiger partial charge in [-0.3, -0.25) is 0 Å². The summed E-state index contributed by atoms with van der Waals surface area (Å²) in [6.07, 6.45) is 0. The lowest BCUT2D eigenvalue weighted by molar-refractivity contribution is 0.0697. The molecule has 0 aliphatic carbocycles. The van der Waals surface area contributed by atoms with Crippen molar-refractivity contribution >= 4 is 32.9 Å². The van der Waals surface area contributed by atoms with E-state index in [0.29, 0.717) is 21.8 Å². The molecule has 0 atom stereocenters. The van der Waals surface area contributed by atoms with Crippen LogP contribution in [0.15, 0.2) is 39.4 Å². The number of hydrogen-bond donors (Lipinski definition) is 1. The Hall–Kier alpha value is -2.08. The van der Waals surface area contributed by atoms with Crippen molar-refractivity contribution in [3.05, 3.63) is 40.6 Å². The van der Waals surface area contributed by atoms with Crippen molar-refractivity contribution in [3.63, 3.8) is 0 Å². The molecule has 1 N–H and O–H groups in total. The van der Waals surface area contributed by atoms with Crippen molar-refractivity contribution in [2.75, 3.05) is 0 Å². The Kier molecular flexibility index (Phi) is 2.67. The molecule has 0 saturated heterocycles. The fraction of sp³-hybridized carbons (Fsp3) is 0.0769. The molecular weight excluding hydrogens is 312 g/mol. The number of carboxylic acids is 1. The molecule has 3 rings (SSSR count). The summed E-state index contributed by atoms with van der Waals surface area (Å²) >= 11 is 3.25. The first-order chi connectivity index (χ1) is 9.06.